The number of carbonyl (C=O) groups excluding carboxylic acids is 2. The van der Waals surface area contributed by atoms with Crippen LogP contribution in [-0.2, 0) is 22.4 Å². The molecule has 1 N–H and O–H groups in total. The van der Waals surface area contributed by atoms with Crippen LogP contribution in [0.1, 0.15) is 44.2 Å². The van der Waals surface area contributed by atoms with Crippen LogP contribution in [0.4, 0.5) is 5.69 Å². The summed E-state index contributed by atoms with van der Waals surface area (Å²) in [6.45, 7) is 4.28. The summed E-state index contributed by atoms with van der Waals surface area (Å²) in [6, 6.07) is 6.00. The number of halogens is 1. The number of hydrogen-bond acceptors (Lipinski definition) is 2. The Bertz CT molecular complexity index is 472. The summed E-state index contributed by atoms with van der Waals surface area (Å²) < 4.78 is 0. The molecule has 0 aromatic heterocycles. The normalized spacial score (nSPS) is 10.3. The van der Waals surface area contributed by atoms with Crippen molar-refractivity contribution < 1.29 is 9.59 Å². The number of nitrogens with one attached hydrogen (secondary N) is 1. The predicted octanol–water partition coefficient (Wildman–Crippen LogP) is 3.88. The summed E-state index contributed by atoms with van der Waals surface area (Å²) >= 11 is 3.07. The number of carbonyl (C=O) groups is 2. The van der Waals surface area contributed by atoms with Gasteiger partial charge in [-0.2, -0.15) is 0 Å². The van der Waals surface area contributed by atoms with Gasteiger partial charge in [0.15, 0.2) is 5.78 Å². The Hall–Kier alpha value is -1.16. The van der Waals surface area contributed by atoms with Crippen LogP contribution in [0.25, 0.3) is 0 Å². The van der Waals surface area contributed by atoms with E-state index in [0.29, 0.717) is 0 Å². The lowest BCUT2D eigenvalue weighted by atomic mass is 9.97. The molecule has 0 unspecified atom stereocenters. The summed E-state index contributed by atoms with van der Waals surface area (Å²) in [5.41, 5.74) is 3.35. The van der Waals surface area contributed by atoms with E-state index in [0.717, 1.165) is 31.4 Å². The molecule has 1 amide bonds. The van der Waals surface area contributed by atoms with Crippen LogP contribution >= 0.6 is 15.9 Å². The SMILES string of the molecule is CCCc1cccc(NC(=O)CC(=O)CBr)c1CCC. The second-order valence-corrected chi connectivity index (χ2v) is 5.40. The number of hydrogen-bond donors (Lipinski definition) is 1. The van der Waals surface area contributed by atoms with Gasteiger partial charge in [-0.05, 0) is 30.0 Å². The molecule has 0 fully saturated rings. The minimum atomic E-state index is -0.236. The Labute approximate surface area is 129 Å². The molecule has 0 saturated carbocycles. The molecule has 1 rings (SSSR count). The lowest BCUT2D eigenvalue weighted by Crippen LogP contribution is -2.18. The van der Waals surface area contributed by atoms with Gasteiger partial charge in [-0.15, -0.1) is 0 Å². The lowest BCUT2D eigenvalue weighted by molar-refractivity contribution is -0.123. The van der Waals surface area contributed by atoms with Gasteiger partial charge in [-0.3, -0.25) is 9.59 Å². The van der Waals surface area contributed by atoms with Crippen molar-refractivity contribution in [1.82, 2.24) is 0 Å². The zero-order chi connectivity index (χ0) is 15.0. The van der Waals surface area contributed by atoms with E-state index in [4.69, 9.17) is 0 Å². The van der Waals surface area contributed by atoms with Crippen molar-refractivity contribution >= 4 is 33.3 Å². The maximum absolute atomic E-state index is 11.9. The second-order valence-electron chi connectivity index (χ2n) is 4.84. The molecule has 1 aromatic carbocycles. The van der Waals surface area contributed by atoms with Gasteiger partial charge in [-0.25, -0.2) is 0 Å². The van der Waals surface area contributed by atoms with E-state index in [1.807, 2.05) is 12.1 Å². The summed E-state index contributed by atoms with van der Waals surface area (Å²) in [4.78, 5) is 23.1. The van der Waals surface area contributed by atoms with E-state index in [1.165, 1.54) is 11.1 Å². The van der Waals surface area contributed by atoms with Crippen LogP contribution in [0, 0.1) is 0 Å². The first-order chi connectivity index (χ1) is 9.62. The number of ketones is 1. The van der Waals surface area contributed by atoms with Crippen molar-refractivity contribution in [2.45, 2.75) is 46.0 Å². The van der Waals surface area contributed by atoms with Crippen molar-refractivity contribution in [2.24, 2.45) is 0 Å². The first kappa shape index (κ1) is 16.9. The number of rotatable bonds is 8. The maximum atomic E-state index is 11.9. The smallest absolute Gasteiger partial charge is 0.231 e. The minimum absolute atomic E-state index is 0.0746. The van der Waals surface area contributed by atoms with E-state index in [9.17, 15) is 9.59 Å². The van der Waals surface area contributed by atoms with Gasteiger partial charge in [-0.1, -0.05) is 54.8 Å². The Kier molecular flexibility index (Phi) is 7.52. The van der Waals surface area contributed by atoms with Crippen LogP contribution < -0.4 is 5.32 Å². The average molecular weight is 340 g/mol. The Morgan fingerprint density at radius 1 is 1.15 bits per heavy atom. The molecule has 3 nitrogen and oxygen atoms in total. The standard InChI is InChI=1S/C16H22BrNO2/c1-3-6-12-8-5-9-15(14(12)7-4-2)18-16(20)10-13(19)11-17/h5,8-9H,3-4,6-7,10-11H2,1-2H3,(H,18,20). The molecule has 0 aliphatic rings. The fraction of sp³-hybridized carbons (Fsp3) is 0.500. The zero-order valence-corrected chi connectivity index (χ0v) is 13.8. The summed E-state index contributed by atoms with van der Waals surface area (Å²) in [5, 5.41) is 3.10. The number of anilines is 1. The molecular weight excluding hydrogens is 318 g/mol. The first-order valence-corrected chi connectivity index (χ1v) is 8.22. The third kappa shape index (κ3) is 5.08. The van der Waals surface area contributed by atoms with Crippen molar-refractivity contribution in [3.8, 4) is 0 Å². The molecule has 0 bridgehead atoms. The fourth-order valence-electron chi connectivity index (χ4n) is 2.22. The highest BCUT2D eigenvalue weighted by Gasteiger charge is 2.12. The Balaban J connectivity index is 2.90. The predicted molar refractivity (Wildman–Crippen MR) is 86.5 cm³/mol. The first-order valence-electron chi connectivity index (χ1n) is 7.10. The lowest BCUT2D eigenvalue weighted by Gasteiger charge is -2.15. The highest BCUT2D eigenvalue weighted by molar-refractivity contribution is 9.09. The topological polar surface area (TPSA) is 46.2 Å². The molecule has 0 heterocycles. The molecule has 1 aromatic rings. The summed E-state index contributed by atoms with van der Waals surface area (Å²) in [7, 11) is 0. The van der Waals surface area contributed by atoms with Crippen LogP contribution in [0.3, 0.4) is 0 Å². The molecule has 0 aliphatic carbocycles. The van der Waals surface area contributed by atoms with Gasteiger partial charge in [0.2, 0.25) is 5.91 Å². The highest BCUT2D eigenvalue weighted by atomic mass is 79.9. The van der Waals surface area contributed by atoms with Gasteiger partial charge in [0.25, 0.3) is 0 Å². The third-order valence-electron chi connectivity index (χ3n) is 3.07. The fourth-order valence-corrected chi connectivity index (χ4v) is 2.42. The molecule has 0 spiro atoms. The maximum Gasteiger partial charge on any atom is 0.231 e. The number of Topliss-reactive ketones (excluding diaryl/α,β-unsaturated/α-hetero) is 1. The molecule has 0 atom stereocenters. The minimum Gasteiger partial charge on any atom is -0.325 e. The van der Waals surface area contributed by atoms with E-state index < -0.39 is 0 Å². The monoisotopic (exact) mass is 339 g/mol. The summed E-state index contributed by atoms with van der Waals surface area (Å²) in [5.74, 6) is -0.343. The average Bonchev–Trinajstić information content (AvgIpc) is 2.42. The van der Waals surface area contributed by atoms with Gasteiger partial charge in [0.05, 0.1) is 11.8 Å². The van der Waals surface area contributed by atoms with E-state index >= 15 is 0 Å². The number of benzene rings is 1. The van der Waals surface area contributed by atoms with E-state index in [2.05, 4.69) is 41.2 Å². The Morgan fingerprint density at radius 3 is 2.45 bits per heavy atom. The van der Waals surface area contributed by atoms with Gasteiger partial charge in [0, 0.05) is 5.69 Å². The highest BCUT2D eigenvalue weighted by Crippen LogP contribution is 2.23. The molecule has 4 heteroatoms. The van der Waals surface area contributed by atoms with Crippen LogP contribution in [0.2, 0.25) is 0 Å². The van der Waals surface area contributed by atoms with E-state index in [1.54, 1.807) is 0 Å². The molecule has 0 saturated heterocycles. The van der Waals surface area contributed by atoms with Gasteiger partial charge >= 0.3 is 0 Å². The van der Waals surface area contributed by atoms with Gasteiger partial charge in [0.1, 0.15) is 0 Å². The van der Waals surface area contributed by atoms with E-state index in [-0.39, 0.29) is 23.4 Å². The quantitative estimate of drug-likeness (QED) is 0.577. The summed E-state index contributed by atoms with van der Waals surface area (Å²) in [6.07, 6.45) is 3.99. The number of aryl methyl sites for hydroxylation is 1. The van der Waals surface area contributed by atoms with Crippen LogP contribution in [0.15, 0.2) is 18.2 Å². The molecule has 110 valence electrons. The Morgan fingerprint density at radius 2 is 1.85 bits per heavy atom. The zero-order valence-electron chi connectivity index (χ0n) is 12.2. The van der Waals surface area contributed by atoms with Crippen LogP contribution in [-0.4, -0.2) is 17.0 Å². The largest absolute Gasteiger partial charge is 0.325 e. The molecule has 0 radical (unpaired) electrons. The second kappa shape index (κ2) is 8.90. The molecular formula is C16H22BrNO2. The van der Waals surface area contributed by atoms with Crippen molar-refractivity contribution in [2.75, 3.05) is 10.6 Å². The molecule has 0 aliphatic heterocycles. The van der Waals surface area contributed by atoms with Crippen molar-refractivity contribution in [3.63, 3.8) is 0 Å². The number of amides is 1. The van der Waals surface area contributed by atoms with Crippen molar-refractivity contribution in [1.29, 1.82) is 0 Å². The number of alkyl halides is 1. The third-order valence-corrected chi connectivity index (χ3v) is 3.70. The van der Waals surface area contributed by atoms with Crippen LogP contribution in [0.5, 0.6) is 0 Å². The van der Waals surface area contributed by atoms with Gasteiger partial charge < -0.3 is 5.32 Å². The molecule has 20 heavy (non-hydrogen) atoms. The van der Waals surface area contributed by atoms with Crippen molar-refractivity contribution in [3.05, 3.63) is 29.3 Å².